The smallest absolute Gasteiger partial charge is 0.105 e. The number of nitrogens with zero attached hydrogens (tertiary/aromatic N) is 1. The van der Waals surface area contributed by atoms with Gasteiger partial charge in [-0.3, -0.25) is 0 Å². The van der Waals surface area contributed by atoms with Crippen LogP contribution in [0.4, 0.5) is 0 Å². The summed E-state index contributed by atoms with van der Waals surface area (Å²) in [5, 5.41) is 11.9. The van der Waals surface area contributed by atoms with Gasteiger partial charge in [-0.2, -0.15) is 5.26 Å². The lowest BCUT2D eigenvalue weighted by Crippen LogP contribution is -2.30. The van der Waals surface area contributed by atoms with E-state index in [-0.39, 0.29) is 5.41 Å². The Bertz CT molecular complexity index is 322. The monoisotopic (exact) mass is 220 g/mol. The minimum absolute atomic E-state index is 0.193. The molecular formula is C13H20N2O. The highest BCUT2D eigenvalue weighted by Gasteiger charge is 2.16. The number of nitrogens with one attached hydrogen (secondary N) is 1. The van der Waals surface area contributed by atoms with Crippen LogP contribution in [0.25, 0.3) is 0 Å². The zero-order valence-corrected chi connectivity index (χ0v) is 10.1. The molecule has 0 aromatic carbocycles. The first-order chi connectivity index (χ1) is 7.64. The molecule has 16 heavy (non-hydrogen) atoms. The maximum Gasteiger partial charge on any atom is 0.105 e. The molecular weight excluding hydrogens is 200 g/mol. The van der Waals surface area contributed by atoms with Crippen molar-refractivity contribution in [3.05, 3.63) is 24.2 Å². The normalized spacial score (nSPS) is 11.3. The van der Waals surface area contributed by atoms with Gasteiger partial charge >= 0.3 is 0 Å². The molecule has 0 saturated carbocycles. The highest BCUT2D eigenvalue weighted by molar-refractivity contribution is 4.98. The van der Waals surface area contributed by atoms with Gasteiger partial charge in [0.2, 0.25) is 0 Å². The van der Waals surface area contributed by atoms with Crippen molar-refractivity contribution in [2.75, 3.05) is 13.1 Å². The standard InChI is InChI=1S/C13H20N2O/c1-13(2,7-4-8-14)11-15-9-6-12-5-3-10-16-12/h3,5,10,15H,4,6-7,9,11H2,1-2H3. The first-order valence-electron chi connectivity index (χ1n) is 5.74. The van der Waals surface area contributed by atoms with Crippen LogP contribution in [0, 0.1) is 16.7 Å². The fourth-order valence-electron chi connectivity index (χ4n) is 1.58. The number of hydrogen-bond acceptors (Lipinski definition) is 3. The van der Waals surface area contributed by atoms with Gasteiger partial charge in [0.25, 0.3) is 0 Å². The molecule has 0 bridgehead atoms. The Morgan fingerprint density at radius 2 is 2.31 bits per heavy atom. The number of nitriles is 1. The Labute approximate surface area is 97.5 Å². The van der Waals surface area contributed by atoms with Crippen molar-refractivity contribution in [3.8, 4) is 6.07 Å². The molecule has 0 aliphatic rings. The molecule has 0 unspecified atom stereocenters. The molecule has 1 aromatic rings. The maximum absolute atomic E-state index is 8.54. The molecule has 1 heterocycles. The van der Waals surface area contributed by atoms with Gasteiger partial charge in [0.05, 0.1) is 12.3 Å². The van der Waals surface area contributed by atoms with E-state index >= 15 is 0 Å². The molecule has 0 aliphatic carbocycles. The zero-order valence-electron chi connectivity index (χ0n) is 10.1. The Morgan fingerprint density at radius 1 is 1.50 bits per heavy atom. The molecule has 0 fully saturated rings. The van der Waals surface area contributed by atoms with Gasteiger partial charge < -0.3 is 9.73 Å². The van der Waals surface area contributed by atoms with E-state index in [1.165, 1.54) is 0 Å². The highest BCUT2D eigenvalue weighted by atomic mass is 16.3. The summed E-state index contributed by atoms with van der Waals surface area (Å²) < 4.78 is 5.25. The number of furan rings is 1. The number of hydrogen-bond donors (Lipinski definition) is 1. The van der Waals surface area contributed by atoms with Crippen molar-refractivity contribution in [3.63, 3.8) is 0 Å². The average molecular weight is 220 g/mol. The maximum atomic E-state index is 8.54. The lowest BCUT2D eigenvalue weighted by molar-refractivity contribution is 0.317. The predicted octanol–water partition coefficient (Wildman–Crippen LogP) is 2.74. The second-order valence-electron chi connectivity index (χ2n) is 4.83. The Hall–Kier alpha value is -1.27. The van der Waals surface area contributed by atoms with Crippen molar-refractivity contribution in [2.24, 2.45) is 5.41 Å². The first-order valence-corrected chi connectivity index (χ1v) is 5.74. The van der Waals surface area contributed by atoms with Crippen molar-refractivity contribution < 1.29 is 4.42 Å². The fourth-order valence-corrected chi connectivity index (χ4v) is 1.58. The van der Waals surface area contributed by atoms with Crippen molar-refractivity contribution in [2.45, 2.75) is 33.1 Å². The Kier molecular flexibility index (Phi) is 5.07. The van der Waals surface area contributed by atoms with E-state index in [4.69, 9.17) is 9.68 Å². The SMILES string of the molecule is CC(C)(CCC#N)CNCCc1ccco1. The van der Waals surface area contributed by atoms with Crippen LogP contribution in [-0.2, 0) is 6.42 Å². The molecule has 3 heteroatoms. The molecule has 0 spiro atoms. The van der Waals surface area contributed by atoms with E-state index in [2.05, 4.69) is 25.2 Å². The third-order valence-corrected chi connectivity index (χ3v) is 2.65. The molecule has 0 radical (unpaired) electrons. The Balaban J connectivity index is 2.12. The molecule has 1 rings (SSSR count). The van der Waals surface area contributed by atoms with Crippen molar-refractivity contribution in [1.82, 2.24) is 5.32 Å². The van der Waals surface area contributed by atoms with Crippen molar-refractivity contribution in [1.29, 1.82) is 5.26 Å². The number of rotatable bonds is 7. The van der Waals surface area contributed by atoms with Crippen LogP contribution in [0.2, 0.25) is 0 Å². The van der Waals surface area contributed by atoms with Crippen LogP contribution < -0.4 is 5.32 Å². The van der Waals surface area contributed by atoms with E-state index in [0.29, 0.717) is 6.42 Å². The summed E-state index contributed by atoms with van der Waals surface area (Å²) in [4.78, 5) is 0. The minimum Gasteiger partial charge on any atom is -0.469 e. The Morgan fingerprint density at radius 3 is 2.94 bits per heavy atom. The zero-order chi connectivity index (χ0) is 11.9. The van der Waals surface area contributed by atoms with Gasteiger partial charge in [-0.1, -0.05) is 13.8 Å². The quantitative estimate of drug-likeness (QED) is 0.719. The van der Waals surface area contributed by atoms with E-state index in [9.17, 15) is 0 Å². The lowest BCUT2D eigenvalue weighted by atomic mass is 9.88. The second kappa shape index (κ2) is 6.34. The van der Waals surface area contributed by atoms with Crippen molar-refractivity contribution >= 4 is 0 Å². The van der Waals surface area contributed by atoms with Crippen LogP contribution in [0.5, 0.6) is 0 Å². The molecule has 88 valence electrons. The lowest BCUT2D eigenvalue weighted by Gasteiger charge is -2.23. The molecule has 3 nitrogen and oxygen atoms in total. The van der Waals surface area contributed by atoms with Gasteiger partial charge in [-0.05, 0) is 24.0 Å². The highest BCUT2D eigenvalue weighted by Crippen LogP contribution is 2.20. The molecule has 0 amide bonds. The third kappa shape index (κ3) is 4.99. The first kappa shape index (κ1) is 12.8. The average Bonchev–Trinajstić information content (AvgIpc) is 2.75. The fraction of sp³-hybridized carbons (Fsp3) is 0.615. The largest absolute Gasteiger partial charge is 0.469 e. The van der Waals surface area contributed by atoms with Gasteiger partial charge in [0.1, 0.15) is 5.76 Å². The van der Waals surface area contributed by atoms with E-state index < -0.39 is 0 Å². The predicted molar refractivity (Wildman–Crippen MR) is 63.9 cm³/mol. The van der Waals surface area contributed by atoms with Crippen LogP contribution >= 0.6 is 0 Å². The molecule has 1 N–H and O–H groups in total. The molecule has 1 aromatic heterocycles. The molecule has 0 atom stereocenters. The van der Waals surface area contributed by atoms with Gasteiger partial charge in [0.15, 0.2) is 0 Å². The topological polar surface area (TPSA) is 49.0 Å². The second-order valence-corrected chi connectivity index (χ2v) is 4.83. The van der Waals surface area contributed by atoms with E-state index in [1.54, 1.807) is 6.26 Å². The third-order valence-electron chi connectivity index (χ3n) is 2.65. The van der Waals surface area contributed by atoms with E-state index in [1.807, 2.05) is 12.1 Å². The summed E-state index contributed by atoms with van der Waals surface area (Å²) in [7, 11) is 0. The van der Waals surface area contributed by atoms with Crippen LogP contribution in [0.3, 0.4) is 0 Å². The van der Waals surface area contributed by atoms with Crippen LogP contribution in [0.1, 0.15) is 32.4 Å². The summed E-state index contributed by atoms with van der Waals surface area (Å²) in [5.74, 6) is 1.02. The summed E-state index contributed by atoms with van der Waals surface area (Å²) >= 11 is 0. The van der Waals surface area contributed by atoms with Gasteiger partial charge in [0, 0.05) is 25.9 Å². The van der Waals surface area contributed by atoms with Crippen LogP contribution in [0.15, 0.2) is 22.8 Å². The summed E-state index contributed by atoms with van der Waals surface area (Å²) in [5.41, 5.74) is 0.193. The minimum atomic E-state index is 0.193. The van der Waals surface area contributed by atoms with Gasteiger partial charge in [-0.25, -0.2) is 0 Å². The van der Waals surface area contributed by atoms with E-state index in [0.717, 1.165) is 31.7 Å². The summed E-state index contributed by atoms with van der Waals surface area (Å²) in [6.45, 7) is 6.23. The summed E-state index contributed by atoms with van der Waals surface area (Å²) in [6.07, 6.45) is 4.19. The summed E-state index contributed by atoms with van der Waals surface area (Å²) in [6, 6.07) is 6.09. The molecule has 0 saturated heterocycles. The van der Waals surface area contributed by atoms with Crippen LogP contribution in [-0.4, -0.2) is 13.1 Å². The molecule has 0 aliphatic heterocycles. The van der Waals surface area contributed by atoms with Gasteiger partial charge in [-0.15, -0.1) is 0 Å².